The van der Waals surface area contributed by atoms with Crippen LogP contribution in [-0.4, -0.2) is 5.71 Å². The van der Waals surface area contributed by atoms with Gasteiger partial charge in [0, 0.05) is 33.0 Å². The van der Waals surface area contributed by atoms with Gasteiger partial charge in [-0.15, -0.1) is 11.3 Å². The van der Waals surface area contributed by atoms with E-state index in [0.29, 0.717) is 11.8 Å². The molecule has 0 radical (unpaired) electrons. The second kappa shape index (κ2) is 18.3. The number of thiophene rings is 1. The molecule has 1 unspecified atom stereocenters. The lowest BCUT2D eigenvalue weighted by Crippen LogP contribution is -2.39. The quantitative estimate of drug-likeness (QED) is 0.0654. The molecule has 0 aliphatic heterocycles. The Balaban J connectivity index is 1.24. The van der Waals surface area contributed by atoms with Crippen LogP contribution in [0.1, 0.15) is 122 Å². The van der Waals surface area contributed by atoms with E-state index in [2.05, 4.69) is 152 Å². The zero-order valence-corrected chi connectivity index (χ0v) is 35.6. The Labute approximate surface area is 360 Å². The van der Waals surface area contributed by atoms with Gasteiger partial charge in [-0.05, 0) is 95.7 Å². The van der Waals surface area contributed by atoms with Gasteiger partial charge < -0.3 is 5.32 Å². The number of fused-ring (bicyclic) bond motifs is 3. The first kappa shape index (κ1) is 39.7. The third-order valence-electron chi connectivity index (χ3n) is 13.0. The van der Waals surface area contributed by atoms with Crippen LogP contribution in [0.25, 0.3) is 31.6 Å². The maximum absolute atomic E-state index is 7.47. The topological polar surface area (TPSA) is 66.9 Å². The number of allylic oxidation sites excluding steroid dienone is 2. The van der Waals surface area contributed by atoms with E-state index >= 15 is 0 Å². The smallest absolute Gasteiger partial charge is 0.206 e. The van der Waals surface area contributed by atoms with Crippen LogP contribution in [0.5, 0.6) is 0 Å². The number of rotatable bonds is 12. The van der Waals surface area contributed by atoms with Crippen LogP contribution in [0, 0.1) is 0 Å². The molecule has 6 aromatic carbocycles. The van der Waals surface area contributed by atoms with Crippen LogP contribution >= 0.6 is 11.3 Å². The fourth-order valence-electron chi connectivity index (χ4n) is 9.70. The lowest BCUT2D eigenvalue weighted by molar-refractivity contribution is -0.110. The molecule has 4 nitrogen and oxygen atoms in total. The number of nitrogens with two attached hydrogens (primary N) is 2. The Morgan fingerprint density at radius 2 is 1.20 bits per heavy atom. The molecule has 2 fully saturated rings. The van der Waals surface area contributed by atoms with Gasteiger partial charge in [-0.1, -0.05) is 167 Å². The second-order valence-corrected chi connectivity index (χ2v) is 18.0. The van der Waals surface area contributed by atoms with Crippen molar-refractivity contribution in [3.63, 3.8) is 0 Å². The molecule has 9 rings (SSSR count). The highest BCUT2D eigenvalue weighted by Crippen LogP contribution is 2.50. The summed E-state index contributed by atoms with van der Waals surface area (Å²) in [6.45, 7) is 2.27. The largest absolute Gasteiger partial charge is 0.354 e. The minimum Gasteiger partial charge on any atom is -0.354 e. The molecule has 5 heteroatoms. The molecule has 2 saturated carbocycles. The molecule has 0 spiro atoms. The van der Waals surface area contributed by atoms with E-state index < -0.39 is 0 Å². The highest BCUT2D eigenvalue weighted by atomic mass is 32.1. The Morgan fingerprint density at radius 3 is 1.82 bits per heavy atom. The molecule has 7 aromatic rings. The third kappa shape index (κ3) is 8.48. The van der Waals surface area contributed by atoms with Crippen LogP contribution < -0.4 is 21.6 Å². The molecular weight excluding hydrogens is 749 g/mol. The summed E-state index contributed by atoms with van der Waals surface area (Å²) in [6.07, 6.45) is 17.0. The lowest BCUT2D eigenvalue weighted by Gasteiger charge is -2.28. The summed E-state index contributed by atoms with van der Waals surface area (Å²) in [6, 6.07) is 51.9. The van der Waals surface area contributed by atoms with Crippen molar-refractivity contribution in [3.05, 3.63) is 191 Å². The van der Waals surface area contributed by atoms with Crippen LogP contribution in [0.15, 0.2) is 158 Å². The van der Waals surface area contributed by atoms with Crippen molar-refractivity contribution >= 4 is 60.0 Å². The minimum absolute atomic E-state index is 0.169. The van der Waals surface area contributed by atoms with E-state index in [9.17, 15) is 0 Å². The van der Waals surface area contributed by atoms with Crippen LogP contribution in [0.3, 0.4) is 0 Å². The molecule has 1 atom stereocenters. The number of nitrogens with one attached hydrogen (secondary N) is 1. The van der Waals surface area contributed by atoms with Gasteiger partial charge >= 0.3 is 0 Å². The molecule has 302 valence electrons. The van der Waals surface area contributed by atoms with Crippen molar-refractivity contribution in [2.24, 2.45) is 5.84 Å². The maximum Gasteiger partial charge on any atom is 0.206 e. The first-order valence-corrected chi connectivity index (χ1v) is 23.0. The van der Waals surface area contributed by atoms with Gasteiger partial charge in [0.15, 0.2) is 0 Å². The van der Waals surface area contributed by atoms with Gasteiger partial charge in [-0.3, -0.25) is 10.4 Å². The summed E-state index contributed by atoms with van der Waals surface area (Å²) in [4.78, 5) is 0. The summed E-state index contributed by atoms with van der Waals surface area (Å²) >= 11 is 1.97. The van der Waals surface area contributed by atoms with Crippen molar-refractivity contribution in [2.45, 2.75) is 88.9 Å². The second-order valence-electron chi connectivity index (χ2n) is 16.9. The molecule has 0 amide bonds. The molecule has 2 aliphatic carbocycles. The van der Waals surface area contributed by atoms with Crippen molar-refractivity contribution in [3.8, 4) is 0 Å². The van der Waals surface area contributed by atoms with Crippen molar-refractivity contribution in [2.75, 3.05) is 10.3 Å². The first-order valence-electron chi connectivity index (χ1n) is 22.1. The van der Waals surface area contributed by atoms with E-state index in [1.807, 2.05) is 34.5 Å². The minimum atomic E-state index is 0.169. The number of nitrogens with zero attached hydrogens (tertiary/aromatic N) is 1. The monoisotopic (exact) mass is 805 g/mol. The standard InChI is InChI=1S/C55H56N4S/c1-38(39-20-8-2-9-21-39)34-52(44-30-18-7-19-31-44)59(57)45-35-47(41-24-12-4-13-25-41)54-48(36-45)53-46(40-22-10-3-11-23-40)32-33-50(55(53)60-54)58-51(43-28-16-6-17-29-43)37-49(56)42-26-14-5-15-27-42/h2,5-9,14-21,26-38,40-41,56,58H,3-4,10-13,22-25,57H2,1H3/p+1/b51-37-,52-34-,56-49?. The van der Waals surface area contributed by atoms with Gasteiger partial charge in [-0.25, -0.2) is 5.84 Å². The average Bonchev–Trinajstić information content (AvgIpc) is 3.72. The molecule has 0 saturated heterocycles. The molecule has 1 aromatic heterocycles. The Hall–Kier alpha value is -5.75. The van der Waals surface area contributed by atoms with Crippen LogP contribution in [0.4, 0.5) is 11.4 Å². The third-order valence-corrected chi connectivity index (χ3v) is 14.2. The van der Waals surface area contributed by atoms with Gasteiger partial charge in [0.2, 0.25) is 5.71 Å². The first-order chi connectivity index (χ1) is 29.5. The fourth-order valence-corrected chi connectivity index (χ4v) is 11.1. The number of hydrogen-bond acceptors (Lipinski definition) is 4. The van der Waals surface area contributed by atoms with Gasteiger partial charge in [0.25, 0.3) is 0 Å². The lowest BCUT2D eigenvalue weighted by atomic mass is 9.81. The van der Waals surface area contributed by atoms with Gasteiger partial charge in [0.1, 0.15) is 0 Å². The molecule has 2 aliphatic rings. The van der Waals surface area contributed by atoms with E-state index in [0.717, 1.165) is 45.2 Å². The molecule has 5 N–H and O–H groups in total. The van der Waals surface area contributed by atoms with Gasteiger partial charge in [0.05, 0.1) is 27.5 Å². The highest BCUT2D eigenvalue weighted by molar-refractivity contribution is 7.26. The molecule has 1 heterocycles. The molecule has 0 bridgehead atoms. The Kier molecular flexibility index (Phi) is 12.1. The molecular formula is C55H57N4S+. The maximum atomic E-state index is 7.47. The van der Waals surface area contributed by atoms with E-state index in [4.69, 9.17) is 11.3 Å². The zero-order chi connectivity index (χ0) is 40.8. The van der Waals surface area contributed by atoms with Crippen molar-refractivity contribution in [1.82, 2.24) is 0 Å². The summed E-state index contributed by atoms with van der Waals surface area (Å²) in [5.74, 6) is 8.66. The zero-order valence-electron chi connectivity index (χ0n) is 34.8. The van der Waals surface area contributed by atoms with Crippen molar-refractivity contribution < 1.29 is 5.41 Å². The molecule has 60 heavy (non-hydrogen) atoms. The normalized spacial score (nSPS) is 16.2. The van der Waals surface area contributed by atoms with E-state index in [1.54, 1.807) is 0 Å². The Bertz CT molecular complexity index is 2620. The van der Waals surface area contributed by atoms with E-state index in [-0.39, 0.29) is 5.92 Å². The fraction of sp³-hybridized carbons (Fsp3) is 0.255. The summed E-state index contributed by atoms with van der Waals surface area (Å²) in [5, 5.41) is 15.5. The van der Waals surface area contributed by atoms with Crippen molar-refractivity contribution in [1.29, 1.82) is 0 Å². The summed E-state index contributed by atoms with van der Waals surface area (Å²) in [7, 11) is 0. The number of anilines is 2. The predicted octanol–water partition coefficient (Wildman–Crippen LogP) is 13.4. The summed E-state index contributed by atoms with van der Waals surface area (Å²) < 4.78 is 2.71. The van der Waals surface area contributed by atoms with Gasteiger partial charge in [-0.2, -0.15) is 0 Å². The number of benzene rings is 6. The predicted molar refractivity (Wildman–Crippen MR) is 257 cm³/mol. The average molecular weight is 806 g/mol. The SMILES string of the molecule is CC(/C=C(/c1ccccc1)N(N)c1cc(C2CCCCC2)c2sc3c(N/C(=C\C(=[NH2+])c4ccccc4)c4ccccc4)ccc(C4CCCCC4)c3c2c1)c1ccccc1. The number of hydrazine groups is 1. The van der Waals surface area contributed by atoms with Crippen LogP contribution in [-0.2, 0) is 0 Å². The summed E-state index contributed by atoms with van der Waals surface area (Å²) in [5.41, 5.74) is 12.3. The van der Waals surface area contributed by atoms with E-state index in [1.165, 1.54) is 101 Å². The van der Waals surface area contributed by atoms with Crippen LogP contribution in [0.2, 0.25) is 0 Å². The number of hydrogen-bond donors (Lipinski definition) is 3. The Morgan fingerprint density at radius 1 is 0.650 bits per heavy atom. The highest BCUT2D eigenvalue weighted by Gasteiger charge is 2.27.